The van der Waals surface area contributed by atoms with Crippen LogP contribution in [0, 0.1) is 6.92 Å². The Morgan fingerprint density at radius 2 is 2.28 bits per heavy atom. The summed E-state index contributed by atoms with van der Waals surface area (Å²) in [6.45, 7) is 3.82. The molecule has 2 aromatic rings. The number of aromatic nitrogens is 1. The largest absolute Gasteiger partial charge is 0.487 e. The Hall–Kier alpha value is -2.40. The van der Waals surface area contributed by atoms with Gasteiger partial charge in [0.25, 0.3) is 5.91 Å². The fourth-order valence-corrected chi connectivity index (χ4v) is 2.83. The molecule has 0 saturated carbocycles. The minimum absolute atomic E-state index is 0.0585. The number of pyridine rings is 1. The third-order valence-corrected chi connectivity index (χ3v) is 4.25. The summed E-state index contributed by atoms with van der Waals surface area (Å²) in [4.78, 5) is 16.5. The van der Waals surface area contributed by atoms with Gasteiger partial charge in [-0.1, -0.05) is 12.1 Å². The standard InChI is InChI=1S/C20H24N2O3/c1-15-7-8-19(13-22-15)25-14-16-4-2-5-17(12-16)20(23)21-10-9-18-6-3-11-24-18/h2,4-5,7-8,12-13,18H,3,6,9-11,14H2,1H3,(H,21,23). The van der Waals surface area contributed by atoms with Crippen molar-refractivity contribution < 1.29 is 14.3 Å². The van der Waals surface area contributed by atoms with Gasteiger partial charge in [-0.2, -0.15) is 0 Å². The molecule has 1 aliphatic heterocycles. The minimum Gasteiger partial charge on any atom is -0.487 e. The maximum absolute atomic E-state index is 12.3. The molecule has 1 amide bonds. The molecule has 1 aromatic heterocycles. The first-order valence-corrected chi connectivity index (χ1v) is 8.75. The molecule has 1 aromatic carbocycles. The van der Waals surface area contributed by atoms with Crippen LogP contribution < -0.4 is 10.1 Å². The topological polar surface area (TPSA) is 60.5 Å². The van der Waals surface area contributed by atoms with Gasteiger partial charge in [0.15, 0.2) is 0 Å². The maximum Gasteiger partial charge on any atom is 0.251 e. The number of benzene rings is 1. The molecule has 5 nitrogen and oxygen atoms in total. The van der Waals surface area contributed by atoms with Gasteiger partial charge in [0.1, 0.15) is 12.4 Å². The Balaban J connectivity index is 1.49. The summed E-state index contributed by atoms with van der Waals surface area (Å²) < 4.78 is 11.3. The second-order valence-electron chi connectivity index (χ2n) is 6.30. The first kappa shape index (κ1) is 17.4. The van der Waals surface area contributed by atoms with E-state index in [1.807, 2.05) is 43.3 Å². The number of carbonyl (C=O) groups is 1. The molecule has 2 heterocycles. The molecule has 1 saturated heterocycles. The number of amides is 1. The SMILES string of the molecule is Cc1ccc(OCc2cccc(C(=O)NCCC3CCCO3)c2)cn1. The Bertz CT molecular complexity index is 694. The van der Waals surface area contributed by atoms with Crippen molar-refractivity contribution in [1.82, 2.24) is 10.3 Å². The lowest BCUT2D eigenvalue weighted by Gasteiger charge is -2.11. The van der Waals surface area contributed by atoms with Gasteiger partial charge in [0, 0.05) is 24.4 Å². The van der Waals surface area contributed by atoms with E-state index < -0.39 is 0 Å². The second kappa shape index (κ2) is 8.62. The molecule has 5 heteroatoms. The number of ether oxygens (including phenoxy) is 2. The lowest BCUT2D eigenvalue weighted by Crippen LogP contribution is -2.27. The van der Waals surface area contributed by atoms with E-state index in [0.717, 1.165) is 42.9 Å². The van der Waals surface area contributed by atoms with Crippen LogP contribution in [0.2, 0.25) is 0 Å². The van der Waals surface area contributed by atoms with E-state index in [1.54, 1.807) is 6.20 Å². The highest BCUT2D eigenvalue weighted by atomic mass is 16.5. The van der Waals surface area contributed by atoms with Crippen molar-refractivity contribution >= 4 is 5.91 Å². The van der Waals surface area contributed by atoms with E-state index in [-0.39, 0.29) is 5.91 Å². The Kier molecular flexibility index (Phi) is 6.01. The molecule has 1 atom stereocenters. The monoisotopic (exact) mass is 340 g/mol. The Morgan fingerprint density at radius 1 is 1.36 bits per heavy atom. The number of hydrogen-bond acceptors (Lipinski definition) is 4. The van der Waals surface area contributed by atoms with Crippen LogP contribution in [-0.4, -0.2) is 30.1 Å². The predicted octanol–water partition coefficient (Wildman–Crippen LogP) is 3.27. The van der Waals surface area contributed by atoms with Crippen LogP contribution in [0.5, 0.6) is 5.75 Å². The van der Waals surface area contributed by atoms with Crippen molar-refractivity contribution in [1.29, 1.82) is 0 Å². The molecule has 132 valence electrons. The zero-order valence-corrected chi connectivity index (χ0v) is 14.5. The van der Waals surface area contributed by atoms with Crippen molar-refractivity contribution in [2.45, 2.75) is 38.9 Å². The minimum atomic E-state index is -0.0585. The molecule has 1 N–H and O–H groups in total. The third-order valence-electron chi connectivity index (χ3n) is 4.25. The highest BCUT2D eigenvalue weighted by Crippen LogP contribution is 2.15. The average Bonchev–Trinajstić information content (AvgIpc) is 3.15. The Morgan fingerprint density at radius 3 is 3.04 bits per heavy atom. The molecule has 25 heavy (non-hydrogen) atoms. The maximum atomic E-state index is 12.3. The molecule has 0 bridgehead atoms. The summed E-state index contributed by atoms with van der Waals surface area (Å²) in [6, 6.07) is 11.3. The first-order valence-electron chi connectivity index (χ1n) is 8.75. The number of rotatable bonds is 7. The molecular weight excluding hydrogens is 316 g/mol. The number of hydrogen-bond donors (Lipinski definition) is 1. The van der Waals surface area contributed by atoms with Crippen molar-refractivity contribution in [3.63, 3.8) is 0 Å². The Labute approximate surface area is 148 Å². The van der Waals surface area contributed by atoms with Crippen molar-refractivity contribution in [2.75, 3.05) is 13.2 Å². The third kappa shape index (κ3) is 5.29. The quantitative estimate of drug-likeness (QED) is 0.840. The lowest BCUT2D eigenvalue weighted by atomic mass is 10.1. The summed E-state index contributed by atoms with van der Waals surface area (Å²) >= 11 is 0. The van der Waals surface area contributed by atoms with Gasteiger partial charge in [-0.05, 0) is 56.0 Å². The molecule has 0 aliphatic carbocycles. The van der Waals surface area contributed by atoms with E-state index in [2.05, 4.69) is 10.3 Å². The van der Waals surface area contributed by atoms with Crippen LogP contribution in [0.3, 0.4) is 0 Å². The van der Waals surface area contributed by atoms with Crippen LogP contribution in [0.1, 0.15) is 40.9 Å². The summed E-state index contributed by atoms with van der Waals surface area (Å²) in [6.07, 6.45) is 5.09. The van der Waals surface area contributed by atoms with Gasteiger partial charge < -0.3 is 14.8 Å². The molecule has 3 rings (SSSR count). The van der Waals surface area contributed by atoms with Crippen LogP contribution >= 0.6 is 0 Å². The number of carbonyl (C=O) groups excluding carboxylic acids is 1. The normalized spacial score (nSPS) is 16.6. The number of aryl methyl sites for hydroxylation is 1. The van der Waals surface area contributed by atoms with Gasteiger partial charge in [-0.15, -0.1) is 0 Å². The van der Waals surface area contributed by atoms with E-state index >= 15 is 0 Å². The first-order chi connectivity index (χ1) is 12.2. The summed E-state index contributed by atoms with van der Waals surface area (Å²) in [5.74, 6) is 0.661. The molecule has 0 spiro atoms. The highest BCUT2D eigenvalue weighted by Gasteiger charge is 2.15. The molecule has 0 radical (unpaired) electrons. The zero-order valence-electron chi connectivity index (χ0n) is 14.5. The van der Waals surface area contributed by atoms with E-state index in [4.69, 9.17) is 9.47 Å². The van der Waals surface area contributed by atoms with Crippen LogP contribution in [0.4, 0.5) is 0 Å². The van der Waals surface area contributed by atoms with Crippen molar-refractivity contribution in [3.8, 4) is 5.75 Å². The summed E-state index contributed by atoms with van der Waals surface area (Å²) in [7, 11) is 0. The molecular formula is C20H24N2O3. The van der Waals surface area contributed by atoms with Gasteiger partial charge in [-0.25, -0.2) is 0 Å². The van der Waals surface area contributed by atoms with Crippen LogP contribution in [0.15, 0.2) is 42.6 Å². The number of nitrogens with one attached hydrogen (secondary N) is 1. The van der Waals surface area contributed by atoms with Gasteiger partial charge >= 0.3 is 0 Å². The van der Waals surface area contributed by atoms with E-state index in [1.165, 1.54) is 0 Å². The van der Waals surface area contributed by atoms with Gasteiger partial charge in [0.2, 0.25) is 0 Å². The summed E-state index contributed by atoms with van der Waals surface area (Å²) in [5.41, 5.74) is 2.55. The molecule has 1 unspecified atom stereocenters. The van der Waals surface area contributed by atoms with Gasteiger partial charge in [0.05, 0.1) is 12.3 Å². The van der Waals surface area contributed by atoms with Crippen molar-refractivity contribution in [3.05, 3.63) is 59.4 Å². The molecule has 1 fully saturated rings. The van der Waals surface area contributed by atoms with Crippen molar-refractivity contribution in [2.24, 2.45) is 0 Å². The van der Waals surface area contributed by atoms with Crippen LogP contribution in [-0.2, 0) is 11.3 Å². The van der Waals surface area contributed by atoms with E-state index in [9.17, 15) is 4.79 Å². The second-order valence-corrected chi connectivity index (χ2v) is 6.30. The summed E-state index contributed by atoms with van der Waals surface area (Å²) in [5, 5.41) is 2.96. The smallest absolute Gasteiger partial charge is 0.251 e. The number of nitrogens with zero attached hydrogens (tertiary/aromatic N) is 1. The van der Waals surface area contributed by atoms with Crippen LogP contribution in [0.25, 0.3) is 0 Å². The predicted molar refractivity (Wildman–Crippen MR) is 95.7 cm³/mol. The fourth-order valence-electron chi connectivity index (χ4n) is 2.83. The lowest BCUT2D eigenvalue weighted by molar-refractivity contribution is 0.0907. The molecule has 1 aliphatic rings. The van der Waals surface area contributed by atoms with Gasteiger partial charge in [-0.3, -0.25) is 9.78 Å². The van der Waals surface area contributed by atoms with E-state index in [0.29, 0.717) is 24.8 Å². The highest BCUT2D eigenvalue weighted by molar-refractivity contribution is 5.94. The zero-order chi connectivity index (χ0) is 17.5. The fraction of sp³-hybridized carbons (Fsp3) is 0.400. The average molecular weight is 340 g/mol.